The molecule has 0 bridgehead atoms. The van der Waals surface area contributed by atoms with Crippen LogP contribution in [-0.2, 0) is 17.8 Å². The Morgan fingerprint density at radius 2 is 1.84 bits per heavy atom. The minimum Gasteiger partial charge on any atom is -0.487 e. The predicted molar refractivity (Wildman–Crippen MR) is 93.4 cm³/mol. The van der Waals surface area contributed by atoms with Crippen LogP contribution in [0.15, 0.2) is 48.5 Å². The Morgan fingerprint density at radius 1 is 1.12 bits per heavy atom. The van der Waals surface area contributed by atoms with Gasteiger partial charge in [0.1, 0.15) is 0 Å². The van der Waals surface area contributed by atoms with Crippen molar-refractivity contribution in [3.8, 4) is 5.75 Å². The van der Waals surface area contributed by atoms with E-state index in [2.05, 4.69) is 12.1 Å². The fraction of sp³-hybridized carbons (Fsp3) is 0.316. The molecule has 0 unspecified atom stereocenters. The molecular weight excluding hydrogens is 320 g/mol. The van der Waals surface area contributed by atoms with Crippen molar-refractivity contribution >= 4 is 11.6 Å². The number of hydrogen-bond acceptors (Lipinski definition) is 4. The van der Waals surface area contributed by atoms with Crippen molar-refractivity contribution in [2.45, 2.75) is 25.8 Å². The molecule has 1 amide bonds. The molecule has 0 radical (unpaired) electrons. The summed E-state index contributed by atoms with van der Waals surface area (Å²) in [4.78, 5) is 24.7. The summed E-state index contributed by atoms with van der Waals surface area (Å²) in [7, 11) is 0. The summed E-state index contributed by atoms with van der Waals surface area (Å²) >= 11 is 0. The number of carbonyl (C=O) groups excluding carboxylic acids is 1. The fourth-order valence-corrected chi connectivity index (χ4v) is 3.00. The zero-order valence-corrected chi connectivity index (χ0v) is 13.9. The van der Waals surface area contributed by atoms with Crippen molar-refractivity contribution in [3.05, 3.63) is 69.8 Å². The average molecular weight is 340 g/mol. The largest absolute Gasteiger partial charge is 0.487 e. The lowest BCUT2D eigenvalue weighted by Gasteiger charge is -2.29. The van der Waals surface area contributed by atoms with Gasteiger partial charge in [0.15, 0.2) is 5.75 Å². The predicted octanol–water partition coefficient (Wildman–Crippen LogP) is 3.34. The van der Waals surface area contributed by atoms with Gasteiger partial charge in [0.2, 0.25) is 5.91 Å². The Labute approximate surface area is 146 Å². The summed E-state index contributed by atoms with van der Waals surface area (Å²) in [6, 6.07) is 14.5. The first kappa shape index (κ1) is 17.0. The van der Waals surface area contributed by atoms with Crippen molar-refractivity contribution < 1.29 is 14.5 Å². The normalized spacial score (nSPS) is 13.2. The van der Waals surface area contributed by atoms with Gasteiger partial charge >= 0.3 is 5.69 Å². The molecular formula is C19H20N2O4. The van der Waals surface area contributed by atoms with E-state index in [9.17, 15) is 14.9 Å². The van der Waals surface area contributed by atoms with E-state index in [-0.39, 0.29) is 24.0 Å². The first-order chi connectivity index (χ1) is 12.1. The van der Waals surface area contributed by atoms with Gasteiger partial charge in [-0.2, -0.15) is 0 Å². The van der Waals surface area contributed by atoms with Gasteiger partial charge in [-0.05, 0) is 30.0 Å². The summed E-state index contributed by atoms with van der Waals surface area (Å²) in [5.74, 6) is 0.340. The molecule has 0 saturated heterocycles. The van der Waals surface area contributed by atoms with Crippen LogP contribution in [0.25, 0.3) is 0 Å². The van der Waals surface area contributed by atoms with Crippen LogP contribution in [-0.4, -0.2) is 28.9 Å². The Hall–Kier alpha value is -2.89. The van der Waals surface area contributed by atoms with E-state index in [1.54, 1.807) is 18.2 Å². The second-order valence-corrected chi connectivity index (χ2v) is 6.01. The SMILES string of the molecule is O=C(CCCOc1ccccc1[N+](=O)[O-])N1CCc2ccccc2C1. The van der Waals surface area contributed by atoms with Crippen molar-refractivity contribution in [1.29, 1.82) is 0 Å². The zero-order valence-electron chi connectivity index (χ0n) is 13.9. The van der Waals surface area contributed by atoms with E-state index in [0.717, 1.165) is 13.0 Å². The maximum Gasteiger partial charge on any atom is 0.310 e. The number of rotatable bonds is 6. The molecule has 1 aliphatic heterocycles. The molecule has 2 aromatic carbocycles. The Kier molecular flexibility index (Phi) is 5.28. The highest BCUT2D eigenvalue weighted by atomic mass is 16.6. The number of carbonyl (C=O) groups is 1. The van der Waals surface area contributed by atoms with Gasteiger partial charge in [-0.15, -0.1) is 0 Å². The minimum absolute atomic E-state index is 0.0542. The number of amides is 1. The molecule has 0 spiro atoms. The number of para-hydroxylation sites is 2. The lowest BCUT2D eigenvalue weighted by atomic mass is 9.99. The van der Waals surface area contributed by atoms with Crippen molar-refractivity contribution in [2.75, 3.05) is 13.2 Å². The topological polar surface area (TPSA) is 72.7 Å². The first-order valence-electron chi connectivity index (χ1n) is 8.36. The van der Waals surface area contributed by atoms with Gasteiger partial charge in [0, 0.05) is 25.6 Å². The minimum atomic E-state index is -0.467. The summed E-state index contributed by atoms with van der Waals surface area (Å²) in [5, 5.41) is 10.9. The monoisotopic (exact) mass is 340 g/mol. The molecule has 0 fully saturated rings. The third-order valence-corrected chi connectivity index (χ3v) is 4.34. The molecule has 0 aliphatic carbocycles. The number of hydrogen-bond donors (Lipinski definition) is 0. The van der Waals surface area contributed by atoms with Crippen LogP contribution in [0.1, 0.15) is 24.0 Å². The Morgan fingerprint density at radius 3 is 2.64 bits per heavy atom. The van der Waals surface area contributed by atoms with Crippen LogP contribution in [0.2, 0.25) is 0 Å². The lowest BCUT2D eigenvalue weighted by Crippen LogP contribution is -2.35. The molecule has 6 heteroatoms. The molecule has 0 aromatic heterocycles. The molecule has 0 N–H and O–H groups in total. The van der Waals surface area contributed by atoms with E-state index in [0.29, 0.717) is 19.4 Å². The fourth-order valence-electron chi connectivity index (χ4n) is 3.00. The zero-order chi connectivity index (χ0) is 17.6. The second-order valence-electron chi connectivity index (χ2n) is 6.01. The number of fused-ring (bicyclic) bond motifs is 1. The van der Waals surface area contributed by atoms with Gasteiger partial charge in [0.05, 0.1) is 11.5 Å². The van der Waals surface area contributed by atoms with Crippen LogP contribution in [0, 0.1) is 10.1 Å². The van der Waals surface area contributed by atoms with E-state index in [1.807, 2.05) is 17.0 Å². The van der Waals surface area contributed by atoms with E-state index < -0.39 is 4.92 Å². The van der Waals surface area contributed by atoms with Crippen LogP contribution in [0.3, 0.4) is 0 Å². The number of nitrogens with zero attached hydrogens (tertiary/aromatic N) is 2. The second kappa shape index (κ2) is 7.79. The highest BCUT2D eigenvalue weighted by Crippen LogP contribution is 2.26. The molecule has 130 valence electrons. The van der Waals surface area contributed by atoms with Gasteiger partial charge in [-0.1, -0.05) is 36.4 Å². The maximum atomic E-state index is 12.4. The van der Waals surface area contributed by atoms with E-state index in [1.165, 1.54) is 17.2 Å². The Bertz CT molecular complexity index is 776. The third-order valence-electron chi connectivity index (χ3n) is 4.34. The van der Waals surface area contributed by atoms with Crippen molar-refractivity contribution in [3.63, 3.8) is 0 Å². The lowest BCUT2D eigenvalue weighted by molar-refractivity contribution is -0.385. The van der Waals surface area contributed by atoms with Gasteiger partial charge in [-0.3, -0.25) is 14.9 Å². The smallest absolute Gasteiger partial charge is 0.310 e. The highest BCUT2D eigenvalue weighted by molar-refractivity contribution is 5.76. The van der Waals surface area contributed by atoms with Crippen LogP contribution in [0.5, 0.6) is 5.75 Å². The number of benzene rings is 2. The van der Waals surface area contributed by atoms with Crippen molar-refractivity contribution in [2.24, 2.45) is 0 Å². The van der Waals surface area contributed by atoms with Crippen LogP contribution in [0.4, 0.5) is 5.69 Å². The molecule has 1 heterocycles. The van der Waals surface area contributed by atoms with Gasteiger partial charge in [-0.25, -0.2) is 0 Å². The molecule has 0 saturated carbocycles. The number of ether oxygens (including phenoxy) is 1. The quantitative estimate of drug-likeness (QED) is 0.459. The third kappa shape index (κ3) is 4.15. The summed E-state index contributed by atoms with van der Waals surface area (Å²) in [5.41, 5.74) is 2.46. The van der Waals surface area contributed by atoms with E-state index in [4.69, 9.17) is 4.74 Å². The van der Waals surface area contributed by atoms with Gasteiger partial charge in [0.25, 0.3) is 0 Å². The number of nitro benzene ring substituents is 1. The molecule has 3 rings (SSSR count). The molecule has 25 heavy (non-hydrogen) atoms. The standard InChI is InChI=1S/C19H20N2O4/c22-19(20-12-11-15-6-1-2-7-16(15)14-20)10-5-13-25-18-9-4-3-8-17(18)21(23)24/h1-4,6-9H,5,10-14H2. The molecule has 6 nitrogen and oxygen atoms in total. The highest BCUT2D eigenvalue weighted by Gasteiger charge is 2.20. The van der Waals surface area contributed by atoms with Crippen molar-refractivity contribution in [1.82, 2.24) is 4.90 Å². The Balaban J connectivity index is 1.47. The van der Waals surface area contributed by atoms with Crippen LogP contribution >= 0.6 is 0 Å². The van der Waals surface area contributed by atoms with Crippen LogP contribution < -0.4 is 4.74 Å². The van der Waals surface area contributed by atoms with E-state index >= 15 is 0 Å². The molecule has 1 aliphatic rings. The molecule has 2 aromatic rings. The summed E-state index contributed by atoms with van der Waals surface area (Å²) in [6.45, 7) is 1.67. The molecule has 0 atom stereocenters. The average Bonchev–Trinajstić information content (AvgIpc) is 2.64. The summed E-state index contributed by atoms with van der Waals surface area (Å²) in [6.07, 6.45) is 1.79. The number of nitro groups is 1. The maximum absolute atomic E-state index is 12.4. The van der Waals surface area contributed by atoms with Gasteiger partial charge < -0.3 is 9.64 Å². The summed E-state index contributed by atoms with van der Waals surface area (Å²) < 4.78 is 5.48. The first-order valence-corrected chi connectivity index (χ1v) is 8.36.